The summed E-state index contributed by atoms with van der Waals surface area (Å²) in [5.41, 5.74) is 0. The van der Waals surface area contributed by atoms with Gasteiger partial charge in [0.15, 0.2) is 0 Å². The van der Waals surface area contributed by atoms with Crippen molar-refractivity contribution >= 4 is 17.7 Å². The zero-order chi connectivity index (χ0) is 21.3. The topological polar surface area (TPSA) is 26.3 Å². The molecule has 0 aliphatic rings. The Kier molecular flexibility index (Phi) is 11.1. The SMILES string of the molecule is CCCCC(SCCCCC(F)(F)C(F)(F)C(F)(F)F)C(=O)OCC(C)C. The van der Waals surface area contributed by atoms with Gasteiger partial charge in [0.2, 0.25) is 0 Å². The van der Waals surface area contributed by atoms with Crippen LogP contribution in [0.4, 0.5) is 30.7 Å². The number of unbranched alkanes of at least 4 members (excludes halogenated alkanes) is 2. The van der Waals surface area contributed by atoms with Crippen molar-refractivity contribution in [2.24, 2.45) is 5.92 Å². The van der Waals surface area contributed by atoms with E-state index in [1.165, 1.54) is 0 Å². The van der Waals surface area contributed by atoms with Crippen molar-refractivity contribution in [2.75, 3.05) is 12.4 Å². The normalized spacial score (nSPS) is 14.5. The maximum absolute atomic E-state index is 13.2. The Labute approximate surface area is 159 Å². The highest BCUT2D eigenvalue weighted by Gasteiger charge is 2.72. The molecule has 0 bridgehead atoms. The fourth-order valence-corrected chi connectivity index (χ4v) is 3.23. The van der Waals surface area contributed by atoms with Gasteiger partial charge in [-0.3, -0.25) is 4.79 Å². The van der Waals surface area contributed by atoms with Gasteiger partial charge >= 0.3 is 24.0 Å². The Hall–Kier alpha value is -0.670. The molecule has 0 saturated carbocycles. The average molecular weight is 428 g/mol. The molecule has 0 spiro atoms. The number of hydrogen-bond donors (Lipinski definition) is 0. The predicted octanol–water partition coefficient (Wildman–Crippen LogP) is 6.48. The van der Waals surface area contributed by atoms with Crippen molar-refractivity contribution in [3.63, 3.8) is 0 Å². The number of halogens is 7. The van der Waals surface area contributed by atoms with Gasteiger partial charge < -0.3 is 4.74 Å². The number of thioether (sulfide) groups is 1. The molecule has 0 heterocycles. The van der Waals surface area contributed by atoms with Gasteiger partial charge in [0.25, 0.3) is 0 Å². The molecular formula is C17H27F7O2S. The van der Waals surface area contributed by atoms with Crippen molar-refractivity contribution in [3.8, 4) is 0 Å². The van der Waals surface area contributed by atoms with Crippen LogP contribution in [0, 0.1) is 5.92 Å². The molecule has 0 aromatic carbocycles. The lowest BCUT2D eigenvalue weighted by atomic mass is 10.0. The molecule has 0 aromatic heterocycles. The van der Waals surface area contributed by atoms with E-state index in [4.69, 9.17) is 4.74 Å². The molecule has 0 radical (unpaired) electrons. The minimum Gasteiger partial charge on any atom is -0.465 e. The average Bonchev–Trinajstić information content (AvgIpc) is 2.53. The molecule has 0 rings (SSSR count). The van der Waals surface area contributed by atoms with Crippen LogP contribution in [0.2, 0.25) is 0 Å². The quantitative estimate of drug-likeness (QED) is 0.191. The zero-order valence-corrected chi connectivity index (χ0v) is 16.5. The van der Waals surface area contributed by atoms with Gasteiger partial charge in [-0.2, -0.15) is 30.7 Å². The monoisotopic (exact) mass is 428 g/mol. The summed E-state index contributed by atoms with van der Waals surface area (Å²) in [6, 6.07) is 0. The first kappa shape index (κ1) is 26.3. The van der Waals surface area contributed by atoms with Crippen LogP contribution >= 0.6 is 11.8 Å². The molecular weight excluding hydrogens is 401 g/mol. The Morgan fingerprint density at radius 1 is 1.00 bits per heavy atom. The summed E-state index contributed by atoms with van der Waals surface area (Å²) in [6.45, 7) is 5.93. The van der Waals surface area contributed by atoms with E-state index in [0.29, 0.717) is 6.42 Å². The highest BCUT2D eigenvalue weighted by molar-refractivity contribution is 8.00. The number of rotatable bonds is 13. The number of carbonyl (C=O) groups is 1. The summed E-state index contributed by atoms with van der Waals surface area (Å²) >= 11 is 1.16. The number of hydrogen-bond acceptors (Lipinski definition) is 3. The van der Waals surface area contributed by atoms with E-state index in [0.717, 1.165) is 24.6 Å². The fraction of sp³-hybridized carbons (Fsp3) is 0.941. The molecule has 2 nitrogen and oxygen atoms in total. The van der Waals surface area contributed by atoms with Gasteiger partial charge in [-0.15, -0.1) is 11.8 Å². The first-order chi connectivity index (χ1) is 12.3. The standard InChI is InChI=1S/C17H27F7O2S/c1-4-5-8-13(14(25)26-11-12(2)3)27-10-7-6-9-15(18,19)16(20,21)17(22,23)24/h12-13H,4-11H2,1-3H3. The molecule has 27 heavy (non-hydrogen) atoms. The van der Waals surface area contributed by atoms with Crippen molar-refractivity contribution in [1.29, 1.82) is 0 Å². The van der Waals surface area contributed by atoms with Gasteiger partial charge in [0.1, 0.15) is 5.25 Å². The molecule has 0 saturated heterocycles. The Bertz CT molecular complexity index is 439. The Balaban J connectivity index is 4.46. The molecule has 0 aliphatic heterocycles. The second kappa shape index (κ2) is 11.4. The first-order valence-electron chi connectivity index (χ1n) is 8.86. The molecule has 0 amide bonds. The van der Waals surface area contributed by atoms with Crippen molar-refractivity contribution in [3.05, 3.63) is 0 Å². The van der Waals surface area contributed by atoms with Crippen LogP contribution in [0.25, 0.3) is 0 Å². The van der Waals surface area contributed by atoms with Crippen LogP contribution in [-0.4, -0.2) is 41.6 Å². The minimum atomic E-state index is -6.29. The van der Waals surface area contributed by atoms with Crippen LogP contribution in [0.15, 0.2) is 0 Å². The molecule has 1 atom stereocenters. The third kappa shape index (κ3) is 8.91. The van der Waals surface area contributed by atoms with Gasteiger partial charge in [0, 0.05) is 6.42 Å². The molecule has 0 fully saturated rings. The van der Waals surface area contributed by atoms with E-state index in [1.807, 2.05) is 20.8 Å². The first-order valence-corrected chi connectivity index (χ1v) is 9.91. The summed E-state index contributed by atoms with van der Waals surface area (Å²) in [5.74, 6) is -11.3. The number of carbonyl (C=O) groups excluding carboxylic acids is 1. The molecule has 162 valence electrons. The van der Waals surface area contributed by atoms with Gasteiger partial charge in [-0.25, -0.2) is 0 Å². The van der Waals surface area contributed by atoms with Crippen LogP contribution in [0.3, 0.4) is 0 Å². The second-order valence-electron chi connectivity index (χ2n) is 6.76. The third-order valence-corrected chi connectivity index (χ3v) is 5.02. The van der Waals surface area contributed by atoms with E-state index < -0.39 is 42.1 Å². The summed E-state index contributed by atoms with van der Waals surface area (Å²) in [7, 11) is 0. The predicted molar refractivity (Wildman–Crippen MR) is 91.4 cm³/mol. The molecule has 0 N–H and O–H groups in total. The van der Waals surface area contributed by atoms with Crippen molar-refractivity contribution in [2.45, 2.75) is 82.6 Å². The highest BCUT2D eigenvalue weighted by Crippen LogP contribution is 2.48. The summed E-state index contributed by atoms with van der Waals surface area (Å²) < 4.78 is 93.3. The maximum Gasteiger partial charge on any atom is 0.459 e. The Morgan fingerprint density at radius 3 is 2.07 bits per heavy atom. The van der Waals surface area contributed by atoms with E-state index in [2.05, 4.69) is 0 Å². The summed E-state index contributed by atoms with van der Waals surface area (Å²) in [5, 5.41) is -0.499. The Morgan fingerprint density at radius 2 is 1.59 bits per heavy atom. The van der Waals surface area contributed by atoms with Crippen LogP contribution in [-0.2, 0) is 9.53 Å². The van der Waals surface area contributed by atoms with Crippen LogP contribution < -0.4 is 0 Å². The van der Waals surface area contributed by atoms with Crippen molar-refractivity contribution < 1.29 is 40.3 Å². The number of ether oxygens (including phenoxy) is 1. The molecule has 0 aliphatic carbocycles. The van der Waals surface area contributed by atoms with E-state index >= 15 is 0 Å². The minimum absolute atomic E-state index is 0.00568. The second-order valence-corrected chi connectivity index (χ2v) is 8.07. The zero-order valence-electron chi connectivity index (χ0n) is 15.7. The lowest BCUT2D eigenvalue weighted by molar-refractivity contribution is -0.355. The lowest BCUT2D eigenvalue weighted by Gasteiger charge is -2.28. The maximum atomic E-state index is 13.2. The smallest absolute Gasteiger partial charge is 0.459 e. The largest absolute Gasteiger partial charge is 0.465 e. The van der Waals surface area contributed by atoms with Crippen molar-refractivity contribution in [1.82, 2.24) is 0 Å². The van der Waals surface area contributed by atoms with Gasteiger partial charge in [0.05, 0.1) is 6.61 Å². The van der Waals surface area contributed by atoms with Gasteiger partial charge in [-0.1, -0.05) is 33.6 Å². The molecule has 1 unspecified atom stereocenters. The van der Waals surface area contributed by atoms with Crippen LogP contribution in [0.1, 0.15) is 59.3 Å². The number of alkyl halides is 7. The fourth-order valence-electron chi connectivity index (χ4n) is 2.04. The number of esters is 1. The van der Waals surface area contributed by atoms with Crippen LogP contribution in [0.5, 0.6) is 0 Å². The van der Waals surface area contributed by atoms with Gasteiger partial charge in [-0.05, 0) is 30.9 Å². The van der Waals surface area contributed by atoms with E-state index in [-0.39, 0.29) is 24.7 Å². The molecule has 0 aromatic rings. The summed E-state index contributed by atoms with van der Waals surface area (Å²) in [4.78, 5) is 12.0. The third-order valence-electron chi connectivity index (χ3n) is 3.66. The lowest BCUT2D eigenvalue weighted by Crippen LogP contribution is -2.51. The van der Waals surface area contributed by atoms with E-state index in [1.54, 1.807) is 0 Å². The highest BCUT2D eigenvalue weighted by atomic mass is 32.2. The molecule has 10 heteroatoms. The van der Waals surface area contributed by atoms with E-state index in [9.17, 15) is 35.5 Å². The summed E-state index contributed by atoms with van der Waals surface area (Å²) in [6.07, 6.45) is -6.26.